The molecule has 25 heavy (non-hydrogen) atoms. The first kappa shape index (κ1) is 19.1. The molecule has 0 aliphatic carbocycles. The number of amides is 1. The van der Waals surface area contributed by atoms with Crippen molar-refractivity contribution < 1.29 is 22.7 Å². The number of hydrogen-bond acceptors (Lipinski definition) is 2. The Morgan fingerprint density at radius 1 is 1.20 bits per heavy atom. The summed E-state index contributed by atoms with van der Waals surface area (Å²) in [5.41, 5.74) is 0.0536. The number of ether oxygens (including phenoxy) is 1. The van der Waals surface area contributed by atoms with E-state index in [1.165, 1.54) is 6.07 Å². The van der Waals surface area contributed by atoms with Gasteiger partial charge in [0.05, 0.1) is 10.6 Å². The normalized spacial score (nSPS) is 12.6. The van der Waals surface area contributed by atoms with Gasteiger partial charge in [0.1, 0.15) is 5.75 Å². The predicted molar refractivity (Wildman–Crippen MR) is 91.0 cm³/mol. The average molecular weight is 372 g/mol. The van der Waals surface area contributed by atoms with Crippen molar-refractivity contribution in [3.63, 3.8) is 0 Å². The molecule has 0 spiro atoms. The van der Waals surface area contributed by atoms with E-state index in [2.05, 4.69) is 5.32 Å². The lowest BCUT2D eigenvalue weighted by Gasteiger charge is -2.18. The van der Waals surface area contributed by atoms with Gasteiger partial charge in [-0.3, -0.25) is 4.79 Å². The molecule has 2 aromatic rings. The lowest BCUT2D eigenvalue weighted by molar-refractivity contribution is -0.137. The van der Waals surface area contributed by atoms with Crippen molar-refractivity contribution >= 4 is 23.2 Å². The fraction of sp³-hybridized carbons (Fsp3) is 0.278. The van der Waals surface area contributed by atoms with E-state index in [9.17, 15) is 18.0 Å². The van der Waals surface area contributed by atoms with Crippen LogP contribution in [0.15, 0.2) is 42.5 Å². The summed E-state index contributed by atoms with van der Waals surface area (Å²) >= 11 is 5.57. The number of nitrogens with one attached hydrogen (secondary N) is 1. The van der Waals surface area contributed by atoms with E-state index in [0.29, 0.717) is 12.2 Å². The first-order valence-electron chi connectivity index (χ1n) is 7.61. The summed E-state index contributed by atoms with van der Waals surface area (Å²) in [4.78, 5) is 12.3. The third-order valence-corrected chi connectivity index (χ3v) is 3.83. The van der Waals surface area contributed by atoms with Crippen LogP contribution in [0.3, 0.4) is 0 Å². The van der Waals surface area contributed by atoms with Crippen molar-refractivity contribution in [3.8, 4) is 5.75 Å². The number of carbonyl (C=O) groups excluding carboxylic acids is 1. The van der Waals surface area contributed by atoms with Crippen LogP contribution in [0.4, 0.5) is 18.9 Å². The minimum Gasteiger partial charge on any atom is -0.481 e. The van der Waals surface area contributed by atoms with Gasteiger partial charge in [-0.15, -0.1) is 0 Å². The Labute approximate surface area is 148 Å². The smallest absolute Gasteiger partial charge is 0.417 e. The molecule has 0 aliphatic rings. The molecule has 0 bridgehead atoms. The minimum atomic E-state index is -4.60. The second-order valence-electron chi connectivity index (χ2n) is 5.51. The van der Waals surface area contributed by atoms with E-state index >= 15 is 0 Å². The van der Waals surface area contributed by atoms with E-state index in [1.54, 1.807) is 19.1 Å². The van der Waals surface area contributed by atoms with Crippen molar-refractivity contribution in [1.29, 1.82) is 0 Å². The molecule has 1 N–H and O–H groups in total. The van der Waals surface area contributed by atoms with Gasteiger partial charge in [0.25, 0.3) is 5.91 Å². The van der Waals surface area contributed by atoms with Crippen LogP contribution in [0, 0.1) is 6.92 Å². The summed E-state index contributed by atoms with van der Waals surface area (Å²) in [6, 6.07) is 10.4. The van der Waals surface area contributed by atoms with Gasteiger partial charge in [-0.2, -0.15) is 13.2 Å². The molecule has 0 aromatic heterocycles. The number of halogens is 4. The average Bonchev–Trinajstić information content (AvgIpc) is 2.55. The zero-order valence-electron chi connectivity index (χ0n) is 13.7. The number of alkyl halides is 3. The molecule has 0 saturated carbocycles. The number of rotatable bonds is 5. The van der Waals surface area contributed by atoms with E-state index in [0.717, 1.165) is 17.7 Å². The Morgan fingerprint density at radius 3 is 2.40 bits per heavy atom. The highest BCUT2D eigenvalue weighted by molar-refractivity contribution is 6.31. The van der Waals surface area contributed by atoms with Crippen molar-refractivity contribution in [3.05, 3.63) is 58.6 Å². The van der Waals surface area contributed by atoms with Crippen molar-refractivity contribution in [1.82, 2.24) is 0 Å². The molecule has 0 unspecified atom stereocenters. The molecule has 0 fully saturated rings. The molecule has 0 radical (unpaired) electrons. The van der Waals surface area contributed by atoms with Crippen LogP contribution in [0.5, 0.6) is 5.75 Å². The number of benzene rings is 2. The fourth-order valence-corrected chi connectivity index (χ4v) is 2.37. The molecule has 0 saturated heterocycles. The van der Waals surface area contributed by atoms with Gasteiger partial charge >= 0.3 is 6.18 Å². The second-order valence-corrected chi connectivity index (χ2v) is 5.92. The van der Waals surface area contributed by atoms with Crippen molar-refractivity contribution in [2.24, 2.45) is 0 Å². The highest BCUT2D eigenvalue weighted by Crippen LogP contribution is 2.36. The second kappa shape index (κ2) is 7.78. The largest absolute Gasteiger partial charge is 0.481 e. The molecule has 7 heteroatoms. The summed E-state index contributed by atoms with van der Waals surface area (Å²) < 4.78 is 44.3. The molecule has 134 valence electrons. The van der Waals surface area contributed by atoms with E-state index < -0.39 is 28.8 Å². The predicted octanol–water partition coefficient (Wildman–Crippen LogP) is 5.46. The van der Waals surface area contributed by atoms with Gasteiger partial charge in [-0.05, 0) is 43.7 Å². The third kappa shape index (κ3) is 5.13. The standard InChI is InChI=1S/C18H17ClF3NO2/c1-3-16(25-13-7-4-11(2)5-8-13)17(24)23-12-6-9-15(19)14(10-12)18(20,21)22/h4-10,16H,3H2,1-2H3,(H,23,24)/t16-/m1/s1. The van der Waals surface area contributed by atoms with E-state index in [1.807, 2.05) is 19.1 Å². The monoisotopic (exact) mass is 371 g/mol. The van der Waals surface area contributed by atoms with E-state index in [4.69, 9.17) is 16.3 Å². The number of aryl methyl sites for hydroxylation is 1. The van der Waals surface area contributed by atoms with Crippen LogP contribution in [-0.4, -0.2) is 12.0 Å². The van der Waals surface area contributed by atoms with E-state index in [-0.39, 0.29) is 5.69 Å². The van der Waals surface area contributed by atoms with Gasteiger partial charge in [0.2, 0.25) is 0 Å². The summed E-state index contributed by atoms with van der Waals surface area (Å²) in [6.45, 7) is 3.67. The maximum atomic E-state index is 12.9. The molecule has 3 nitrogen and oxygen atoms in total. The highest BCUT2D eigenvalue weighted by Gasteiger charge is 2.33. The maximum Gasteiger partial charge on any atom is 0.417 e. The minimum absolute atomic E-state index is 0.00711. The maximum absolute atomic E-state index is 12.9. The molecule has 1 amide bonds. The molecule has 0 aliphatic heterocycles. The summed E-state index contributed by atoms with van der Waals surface area (Å²) in [7, 11) is 0. The van der Waals surface area contributed by atoms with Crippen LogP contribution in [0.25, 0.3) is 0 Å². The molecule has 2 rings (SSSR count). The SMILES string of the molecule is CC[C@@H](Oc1ccc(C)cc1)C(=O)Nc1ccc(Cl)c(C(F)(F)F)c1. The Kier molecular flexibility index (Phi) is 5.95. The van der Waals surface area contributed by atoms with Gasteiger partial charge in [0.15, 0.2) is 6.10 Å². The van der Waals surface area contributed by atoms with Crippen LogP contribution >= 0.6 is 11.6 Å². The number of carbonyl (C=O) groups is 1. The lowest BCUT2D eigenvalue weighted by Crippen LogP contribution is -2.32. The zero-order chi connectivity index (χ0) is 18.6. The van der Waals surface area contributed by atoms with Crippen molar-refractivity contribution in [2.75, 3.05) is 5.32 Å². The number of hydrogen-bond donors (Lipinski definition) is 1. The first-order chi connectivity index (χ1) is 11.7. The highest BCUT2D eigenvalue weighted by atomic mass is 35.5. The van der Waals surface area contributed by atoms with Gasteiger partial charge < -0.3 is 10.1 Å². The summed E-state index contributed by atoms with van der Waals surface area (Å²) in [5, 5.41) is 2.02. The molecular weight excluding hydrogens is 355 g/mol. The summed E-state index contributed by atoms with van der Waals surface area (Å²) in [6.07, 6.45) is -5.06. The Balaban J connectivity index is 2.12. The zero-order valence-corrected chi connectivity index (χ0v) is 14.4. The molecule has 1 atom stereocenters. The molecule has 0 heterocycles. The quantitative estimate of drug-likeness (QED) is 0.757. The van der Waals surface area contributed by atoms with Crippen LogP contribution in [0.2, 0.25) is 5.02 Å². The lowest BCUT2D eigenvalue weighted by atomic mass is 10.1. The molecular formula is C18H17ClF3NO2. The fourth-order valence-electron chi connectivity index (χ4n) is 2.15. The molecule has 2 aromatic carbocycles. The van der Waals surface area contributed by atoms with Gasteiger partial charge in [0, 0.05) is 5.69 Å². The van der Waals surface area contributed by atoms with Crippen LogP contribution in [-0.2, 0) is 11.0 Å². The Morgan fingerprint density at radius 2 is 1.84 bits per heavy atom. The first-order valence-corrected chi connectivity index (χ1v) is 7.99. The number of anilines is 1. The Bertz CT molecular complexity index is 745. The topological polar surface area (TPSA) is 38.3 Å². The van der Waals surface area contributed by atoms with Crippen molar-refractivity contribution in [2.45, 2.75) is 32.5 Å². The summed E-state index contributed by atoms with van der Waals surface area (Å²) in [5.74, 6) is -0.0155. The van der Waals surface area contributed by atoms with Crippen LogP contribution < -0.4 is 10.1 Å². The van der Waals surface area contributed by atoms with Crippen LogP contribution in [0.1, 0.15) is 24.5 Å². The third-order valence-electron chi connectivity index (χ3n) is 3.50. The van der Waals surface area contributed by atoms with Gasteiger partial charge in [-0.1, -0.05) is 36.2 Å². The van der Waals surface area contributed by atoms with Gasteiger partial charge in [-0.25, -0.2) is 0 Å². The Hall–Kier alpha value is -2.21.